The number of aromatic amines is 1. The van der Waals surface area contributed by atoms with Crippen molar-refractivity contribution in [2.75, 3.05) is 39.3 Å². The molecule has 16 heteroatoms. The minimum Gasteiger partial charge on any atom is -0.336 e. The van der Waals surface area contributed by atoms with Gasteiger partial charge in [-0.25, -0.2) is 29.4 Å². The lowest BCUT2D eigenvalue weighted by Gasteiger charge is -2.54. The van der Waals surface area contributed by atoms with Gasteiger partial charge in [0.1, 0.15) is 11.9 Å². The second kappa shape index (κ2) is 9.61. The molecule has 2 saturated heterocycles. The average Bonchev–Trinajstić information content (AvgIpc) is 3.60. The number of rotatable bonds is 5. The first-order valence-electron chi connectivity index (χ1n) is 12.3. The molecule has 0 unspecified atom stereocenters. The maximum atomic E-state index is 14.4. The second-order valence-corrected chi connectivity index (χ2v) is 9.67. The fourth-order valence-corrected chi connectivity index (χ4v) is 5.18. The molecule has 4 aromatic heterocycles. The van der Waals surface area contributed by atoms with E-state index in [1.165, 1.54) is 11.2 Å². The maximum absolute atomic E-state index is 14.4. The predicted octanol–water partition coefficient (Wildman–Crippen LogP) is 2.07. The molecule has 0 spiro atoms. The van der Waals surface area contributed by atoms with Crippen molar-refractivity contribution in [1.82, 2.24) is 49.8 Å². The van der Waals surface area contributed by atoms with E-state index in [0.717, 1.165) is 23.2 Å². The van der Waals surface area contributed by atoms with Gasteiger partial charge in [-0.05, 0) is 6.07 Å². The molecule has 1 N–H and O–H groups in total. The zero-order chi connectivity index (χ0) is 28.1. The molecule has 0 saturated carbocycles. The van der Waals surface area contributed by atoms with Crippen molar-refractivity contribution in [3.63, 3.8) is 0 Å². The van der Waals surface area contributed by atoms with E-state index in [1.807, 2.05) is 16.2 Å². The van der Waals surface area contributed by atoms with Crippen molar-refractivity contribution in [3.8, 4) is 17.3 Å². The van der Waals surface area contributed by atoms with Crippen LogP contribution in [0.4, 0.5) is 17.6 Å². The number of nitrogens with one attached hydrogen (secondary N) is 1. The third kappa shape index (κ3) is 4.32. The van der Waals surface area contributed by atoms with E-state index >= 15 is 0 Å². The van der Waals surface area contributed by atoms with Crippen LogP contribution in [-0.4, -0.2) is 95.0 Å². The van der Waals surface area contributed by atoms with Gasteiger partial charge in [0.15, 0.2) is 17.2 Å². The van der Waals surface area contributed by atoms with E-state index in [9.17, 15) is 27.6 Å². The largest absolute Gasteiger partial charge is 0.436 e. The van der Waals surface area contributed by atoms with Crippen LogP contribution in [0.1, 0.15) is 22.5 Å². The van der Waals surface area contributed by atoms with Crippen LogP contribution in [0.2, 0.25) is 0 Å². The molecule has 2 fully saturated rings. The summed E-state index contributed by atoms with van der Waals surface area (Å²) in [5.74, 6) is -2.48. The Hall–Kier alpha value is -4.49. The normalized spacial score (nSPS) is 18.0. The third-order valence-corrected chi connectivity index (χ3v) is 7.28. The number of carbonyl (C=O) groups is 1. The van der Waals surface area contributed by atoms with Gasteiger partial charge >= 0.3 is 6.18 Å². The Morgan fingerprint density at radius 2 is 1.88 bits per heavy atom. The van der Waals surface area contributed by atoms with Gasteiger partial charge in [0, 0.05) is 57.2 Å². The lowest BCUT2D eigenvalue weighted by atomic mass is 9.88. The Labute approximate surface area is 223 Å². The van der Waals surface area contributed by atoms with Gasteiger partial charge in [0.25, 0.3) is 5.91 Å². The summed E-state index contributed by atoms with van der Waals surface area (Å²) in [6.45, 7) is 2.19. The summed E-state index contributed by atoms with van der Waals surface area (Å²) in [6.07, 6.45) is 2.61. The van der Waals surface area contributed by atoms with E-state index in [4.69, 9.17) is 0 Å². The van der Waals surface area contributed by atoms with Gasteiger partial charge in [-0.3, -0.25) is 14.6 Å². The van der Waals surface area contributed by atoms with Crippen LogP contribution >= 0.6 is 0 Å². The number of carbonyl (C=O) groups excluding carboxylic acids is 1. The minimum absolute atomic E-state index is 0.198. The zero-order valence-electron chi connectivity index (χ0n) is 20.8. The first-order valence-corrected chi connectivity index (χ1v) is 12.3. The average molecular weight is 556 g/mol. The minimum atomic E-state index is -5.00. The molecule has 206 valence electrons. The highest BCUT2D eigenvalue weighted by Crippen LogP contribution is 2.36. The maximum Gasteiger partial charge on any atom is 0.436 e. The number of H-pyrrole nitrogens is 1. The highest BCUT2D eigenvalue weighted by molar-refractivity contribution is 5.94. The Morgan fingerprint density at radius 1 is 1.10 bits per heavy atom. The van der Waals surface area contributed by atoms with Gasteiger partial charge in [0.05, 0.1) is 41.5 Å². The smallest absolute Gasteiger partial charge is 0.336 e. The molecule has 1 amide bonds. The van der Waals surface area contributed by atoms with Crippen LogP contribution in [0, 0.1) is 17.1 Å². The summed E-state index contributed by atoms with van der Waals surface area (Å²) >= 11 is 0. The highest BCUT2D eigenvalue weighted by Gasteiger charge is 2.48. The number of fused-ring (bicyclic) bond motifs is 1. The molecule has 0 aliphatic carbocycles. The second-order valence-electron chi connectivity index (χ2n) is 9.67. The fourth-order valence-electron chi connectivity index (χ4n) is 5.18. The first kappa shape index (κ1) is 25.8. The SMILES string of the molecule is N#CCC1(n2cc(-c3ncnc4[nH]ncc34)cn2)CN(N2CCN(C(=O)c3ccnc(C(F)(F)F)c3F)CC2)C1. The monoisotopic (exact) mass is 555 g/mol. The number of piperazine rings is 1. The number of nitriles is 1. The number of hydrogen-bond donors (Lipinski definition) is 1. The van der Waals surface area contributed by atoms with Crippen LogP contribution in [-0.2, 0) is 11.7 Å². The van der Waals surface area contributed by atoms with Gasteiger partial charge in [-0.1, -0.05) is 0 Å². The van der Waals surface area contributed by atoms with Crippen LogP contribution in [0.15, 0.2) is 37.2 Å². The van der Waals surface area contributed by atoms with E-state index in [2.05, 4.69) is 36.3 Å². The summed E-state index contributed by atoms with van der Waals surface area (Å²) < 4.78 is 55.3. The zero-order valence-corrected chi connectivity index (χ0v) is 20.8. The summed E-state index contributed by atoms with van der Waals surface area (Å²) in [5, 5.41) is 25.7. The number of hydrazine groups is 1. The molecule has 6 heterocycles. The molecule has 0 radical (unpaired) electrons. The molecular formula is C24H21F4N11O. The number of pyridine rings is 1. The third-order valence-electron chi connectivity index (χ3n) is 7.28. The molecule has 0 aromatic carbocycles. The highest BCUT2D eigenvalue weighted by atomic mass is 19.4. The quantitative estimate of drug-likeness (QED) is 0.367. The molecule has 2 aliphatic rings. The first-order chi connectivity index (χ1) is 19.2. The van der Waals surface area contributed by atoms with Crippen LogP contribution < -0.4 is 0 Å². The molecule has 4 aromatic rings. The molecule has 2 aliphatic heterocycles. The summed E-state index contributed by atoms with van der Waals surface area (Å²) in [7, 11) is 0. The number of amides is 1. The van der Waals surface area contributed by atoms with E-state index in [-0.39, 0.29) is 19.5 Å². The van der Waals surface area contributed by atoms with Crippen LogP contribution in [0.3, 0.4) is 0 Å². The number of hydrogen-bond acceptors (Lipinski definition) is 9. The van der Waals surface area contributed by atoms with E-state index < -0.39 is 34.7 Å². The van der Waals surface area contributed by atoms with Crippen molar-refractivity contribution in [2.45, 2.75) is 18.1 Å². The van der Waals surface area contributed by atoms with Crippen LogP contribution in [0.25, 0.3) is 22.3 Å². The molecule has 0 bridgehead atoms. The fraction of sp³-hybridized carbons (Fsp3) is 0.375. The van der Waals surface area contributed by atoms with Gasteiger partial charge in [0.2, 0.25) is 0 Å². The number of alkyl halides is 3. The number of nitrogens with zero attached hydrogens (tertiary/aromatic N) is 10. The predicted molar refractivity (Wildman–Crippen MR) is 129 cm³/mol. The standard InChI is InChI=1S/C24H21F4N11O/c25-18-16(1-4-30-20(18)24(26,27)28)22(40)36-5-7-37(8-6-36)38-12-23(13-38,2-3-29)39-11-15(9-34-39)19-17-10-33-35-21(17)32-14-31-19/h1,4,9-11,14H,2,5-8,12-13H2,(H,31,32,33,35). The van der Waals surface area contributed by atoms with Crippen LogP contribution in [0.5, 0.6) is 0 Å². The Bertz CT molecular complexity index is 1610. The van der Waals surface area contributed by atoms with Gasteiger partial charge in [-0.15, -0.1) is 0 Å². The van der Waals surface area contributed by atoms with Crippen molar-refractivity contribution < 1.29 is 22.4 Å². The van der Waals surface area contributed by atoms with E-state index in [0.29, 0.717) is 37.5 Å². The van der Waals surface area contributed by atoms with Gasteiger partial charge in [-0.2, -0.15) is 28.6 Å². The van der Waals surface area contributed by atoms with Crippen molar-refractivity contribution in [3.05, 3.63) is 54.3 Å². The molecule has 40 heavy (non-hydrogen) atoms. The summed E-state index contributed by atoms with van der Waals surface area (Å²) in [5.41, 5.74) is -0.905. The van der Waals surface area contributed by atoms with Crippen molar-refractivity contribution in [2.24, 2.45) is 0 Å². The van der Waals surface area contributed by atoms with E-state index in [1.54, 1.807) is 17.1 Å². The summed E-state index contributed by atoms with van der Waals surface area (Å²) in [4.78, 5) is 25.7. The molecule has 6 rings (SSSR count). The summed E-state index contributed by atoms with van der Waals surface area (Å²) in [6, 6.07) is 3.21. The molecular weight excluding hydrogens is 534 g/mol. The lowest BCUT2D eigenvalue weighted by Crippen LogP contribution is -2.69. The number of aromatic nitrogens is 7. The van der Waals surface area contributed by atoms with Gasteiger partial charge < -0.3 is 4.90 Å². The van der Waals surface area contributed by atoms with Crippen molar-refractivity contribution >= 4 is 16.9 Å². The number of halogens is 4. The Balaban J connectivity index is 1.12. The lowest BCUT2D eigenvalue weighted by molar-refractivity contribution is -0.156. The molecule has 12 nitrogen and oxygen atoms in total. The Morgan fingerprint density at radius 3 is 2.60 bits per heavy atom. The van der Waals surface area contributed by atoms with Crippen molar-refractivity contribution in [1.29, 1.82) is 5.26 Å². The topological polar surface area (TPSA) is 136 Å². The Kier molecular flexibility index (Phi) is 6.19. The molecule has 0 atom stereocenters.